The summed E-state index contributed by atoms with van der Waals surface area (Å²) < 4.78 is 0.953. The molecule has 0 saturated carbocycles. The van der Waals surface area contributed by atoms with Crippen molar-refractivity contribution in [3.63, 3.8) is 0 Å². The first-order valence-corrected chi connectivity index (χ1v) is 8.20. The minimum absolute atomic E-state index is 0. The predicted molar refractivity (Wildman–Crippen MR) is 101 cm³/mol. The number of aryl methyl sites for hydroxylation is 1. The molecular weight excluding hydrogens is 376 g/mol. The Morgan fingerprint density at radius 2 is 1.83 bits per heavy atom. The zero-order valence-corrected chi connectivity index (χ0v) is 15.6. The second-order valence-corrected chi connectivity index (χ2v) is 6.13. The van der Waals surface area contributed by atoms with Gasteiger partial charge in [0.2, 0.25) is 0 Å². The Morgan fingerprint density at radius 1 is 1.13 bits per heavy atom. The Kier molecular flexibility index (Phi) is 8.31. The highest BCUT2D eigenvalue weighted by Crippen LogP contribution is 2.18. The van der Waals surface area contributed by atoms with Crippen LogP contribution >= 0.6 is 28.3 Å². The minimum atomic E-state index is 0. The molecule has 2 rings (SSSR count). The molecule has 0 spiro atoms. The molecule has 0 bridgehead atoms. The maximum absolute atomic E-state index is 12.7. The van der Waals surface area contributed by atoms with Crippen LogP contribution in [0.4, 0.5) is 0 Å². The summed E-state index contributed by atoms with van der Waals surface area (Å²) in [4.78, 5) is 14.5. The van der Waals surface area contributed by atoms with Crippen LogP contribution in [0.3, 0.4) is 0 Å². The van der Waals surface area contributed by atoms with Gasteiger partial charge in [-0.25, -0.2) is 0 Å². The van der Waals surface area contributed by atoms with Crippen molar-refractivity contribution in [3.8, 4) is 0 Å². The number of benzene rings is 2. The summed E-state index contributed by atoms with van der Waals surface area (Å²) in [5, 5.41) is 0. The SMILES string of the molecule is Cc1ccc(C(=O)N(CCN)CCc2ccccc2)cc1Br.Cl. The highest BCUT2D eigenvalue weighted by Gasteiger charge is 2.15. The highest BCUT2D eigenvalue weighted by atomic mass is 79.9. The fourth-order valence-corrected chi connectivity index (χ4v) is 2.67. The summed E-state index contributed by atoms with van der Waals surface area (Å²) in [6, 6.07) is 15.9. The Morgan fingerprint density at radius 3 is 2.43 bits per heavy atom. The van der Waals surface area contributed by atoms with Crippen molar-refractivity contribution in [2.24, 2.45) is 5.73 Å². The Labute approximate surface area is 152 Å². The standard InChI is InChI=1S/C18H21BrN2O.ClH/c1-14-7-8-16(13-17(14)19)18(22)21(12-10-20)11-9-15-5-3-2-4-6-15;/h2-8,13H,9-12,20H2,1H3;1H. The number of nitrogens with zero attached hydrogens (tertiary/aromatic N) is 1. The number of hydrogen-bond donors (Lipinski definition) is 1. The van der Waals surface area contributed by atoms with Crippen LogP contribution in [0.15, 0.2) is 53.0 Å². The highest BCUT2D eigenvalue weighted by molar-refractivity contribution is 9.10. The van der Waals surface area contributed by atoms with E-state index >= 15 is 0 Å². The topological polar surface area (TPSA) is 46.3 Å². The average Bonchev–Trinajstić information content (AvgIpc) is 2.54. The molecule has 0 fully saturated rings. The van der Waals surface area contributed by atoms with E-state index in [0.29, 0.717) is 25.2 Å². The minimum Gasteiger partial charge on any atom is -0.337 e. The molecule has 0 aliphatic heterocycles. The molecule has 0 heterocycles. The number of nitrogens with two attached hydrogens (primary N) is 1. The predicted octanol–water partition coefficient (Wildman–Crippen LogP) is 3.82. The number of halogens is 2. The molecular formula is C18H22BrClN2O. The lowest BCUT2D eigenvalue weighted by Crippen LogP contribution is -2.37. The van der Waals surface area contributed by atoms with Gasteiger partial charge in [-0.1, -0.05) is 52.3 Å². The molecule has 3 nitrogen and oxygen atoms in total. The summed E-state index contributed by atoms with van der Waals surface area (Å²) >= 11 is 3.48. The van der Waals surface area contributed by atoms with Gasteiger partial charge < -0.3 is 10.6 Å². The molecule has 23 heavy (non-hydrogen) atoms. The van der Waals surface area contributed by atoms with Gasteiger partial charge in [-0.3, -0.25) is 4.79 Å². The van der Waals surface area contributed by atoms with E-state index < -0.39 is 0 Å². The fourth-order valence-electron chi connectivity index (χ4n) is 2.29. The van der Waals surface area contributed by atoms with Crippen molar-refractivity contribution in [1.29, 1.82) is 0 Å². The Hall–Kier alpha value is -1.36. The smallest absolute Gasteiger partial charge is 0.253 e. The molecule has 2 aromatic rings. The van der Waals surface area contributed by atoms with E-state index in [4.69, 9.17) is 5.73 Å². The maximum Gasteiger partial charge on any atom is 0.253 e. The van der Waals surface area contributed by atoms with Gasteiger partial charge in [-0.15, -0.1) is 12.4 Å². The van der Waals surface area contributed by atoms with Crippen LogP contribution in [0.2, 0.25) is 0 Å². The third kappa shape index (κ3) is 5.65. The lowest BCUT2D eigenvalue weighted by Gasteiger charge is -2.22. The van der Waals surface area contributed by atoms with E-state index in [1.54, 1.807) is 0 Å². The molecule has 124 valence electrons. The van der Waals surface area contributed by atoms with E-state index in [0.717, 1.165) is 16.5 Å². The first-order chi connectivity index (χ1) is 10.6. The van der Waals surface area contributed by atoms with Crippen LogP contribution in [0.5, 0.6) is 0 Å². The summed E-state index contributed by atoms with van der Waals surface area (Å²) in [6.07, 6.45) is 0.833. The lowest BCUT2D eigenvalue weighted by molar-refractivity contribution is 0.0762. The molecule has 0 aliphatic carbocycles. The van der Waals surface area contributed by atoms with E-state index in [9.17, 15) is 4.79 Å². The van der Waals surface area contributed by atoms with E-state index in [-0.39, 0.29) is 18.3 Å². The molecule has 2 N–H and O–H groups in total. The van der Waals surface area contributed by atoms with Crippen LogP contribution in [-0.2, 0) is 6.42 Å². The van der Waals surface area contributed by atoms with Crippen LogP contribution in [0.25, 0.3) is 0 Å². The molecule has 0 aromatic heterocycles. The van der Waals surface area contributed by atoms with Crippen molar-refractivity contribution < 1.29 is 4.79 Å². The van der Waals surface area contributed by atoms with Gasteiger partial charge in [0.05, 0.1) is 0 Å². The number of hydrogen-bond acceptors (Lipinski definition) is 2. The molecule has 0 atom stereocenters. The van der Waals surface area contributed by atoms with Crippen LogP contribution in [0, 0.1) is 6.92 Å². The quantitative estimate of drug-likeness (QED) is 0.805. The van der Waals surface area contributed by atoms with Crippen LogP contribution < -0.4 is 5.73 Å². The summed E-state index contributed by atoms with van der Waals surface area (Å²) in [5.41, 5.74) is 8.70. The molecule has 0 aliphatic rings. The molecule has 1 amide bonds. The number of amides is 1. The normalized spacial score (nSPS) is 10.0. The van der Waals surface area contributed by atoms with E-state index in [1.807, 2.05) is 48.2 Å². The number of rotatable bonds is 6. The molecule has 5 heteroatoms. The van der Waals surface area contributed by atoms with E-state index in [2.05, 4.69) is 28.1 Å². The molecule has 0 saturated heterocycles. The zero-order valence-electron chi connectivity index (χ0n) is 13.2. The lowest BCUT2D eigenvalue weighted by atomic mass is 10.1. The monoisotopic (exact) mass is 396 g/mol. The third-order valence-electron chi connectivity index (χ3n) is 3.62. The van der Waals surface area contributed by atoms with Crippen LogP contribution in [-0.4, -0.2) is 30.4 Å². The molecule has 2 aromatic carbocycles. The largest absolute Gasteiger partial charge is 0.337 e. The maximum atomic E-state index is 12.7. The number of carbonyl (C=O) groups is 1. The zero-order chi connectivity index (χ0) is 15.9. The average molecular weight is 398 g/mol. The molecule has 0 unspecified atom stereocenters. The van der Waals surface area contributed by atoms with Gasteiger partial charge in [0.15, 0.2) is 0 Å². The first-order valence-electron chi connectivity index (χ1n) is 7.41. The summed E-state index contributed by atoms with van der Waals surface area (Å²) in [6.45, 7) is 3.71. The van der Waals surface area contributed by atoms with Crippen LogP contribution in [0.1, 0.15) is 21.5 Å². The van der Waals surface area contributed by atoms with Crippen molar-refractivity contribution in [1.82, 2.24) is 4.90 Å². The van der Waals surface area contributed by atoms with Gasteiger partial charge in [0, 0.05) is 29.7 Å². The summed E-state index contributed by atoms with van der Waals surface area (Å²) in [5.74, 6) is 0.0297. The second kappa shape index (κ2) is 9.71. The second-order valence-electron chi connectivity index (χ2n) is 5.28. The van der Waals surface area contributed by atoms with Gasteiger partial charge in [0.25, 0.3) is 5.91 Å². The first kappa shape index (κ1) is 19.7. The number of carbonyl (C=O) groups excluding carboxylic acids is 1. The van der Waals surface area contributed by atoms with Crippen molar-refractivity contribution in [2.75, 3.05) is 19.6 Å². The third-order valence-corrected chi connectivity index (χ3v) is 4.47. The fraction of sp³-hybridized carbons (Fsp3) is 0.278. The Bertz CT molecular complexity index is 634. The van der Waals surface area contributed by atoms with E-state index in [1.165, 1.54) is 5.56 Å². The van der Waals surface area contributed by atoms with Gasteiger partial charge in [-0.05, 0) is 36.6 Å². The van der Waals surface area contributed by atoms with Gasteiger partial charge in [0.1, 0.15) is 0 Å². The van der Waals surface area contributed by atoms with Crippen molar-refractivity contribution in [3.05, 3.63) is 69.7 Å². The molecule has 0 radical (unpaired) electrons. The van der Waals surface area contributed by atoms with Crippen molar-refractivity contribution >= 4 is 34.2 Å². The van der Waals surface area contributed by atoms with Gasteiger partial charge >= 0.3 is 0 Å². The Balaban J connectivity index is 0.00000264. The van der Waals surface area contributed by atoms with Gasteiger partial charge in [-0.2, -0.15) is 0 Å². The summed E-state index contributed by atoms with van der Waals surface area (Å²) in [7, 11) is 0. The van der Waals surface area contributed by atoms with Crippen molar-refractivity contribution in [2.45, 2.75) is 13.3 Å².